The number of hydrogen-bond donors (Lipinski definition) is 1. The van der Waals surface area contributed by atoms with E-state index in [1.165, 1.54) is 12.1 Å². The number of hydrogen-bond acceptors (Lipinski definition) is 7. The van der Waals surface area contributed by atoms with Crippen LogP contribution >= 0.6 is 0 Å². The maximum Gasteiger partial charge on any atom is 0.269 e. The smallest absolute Gasteiger partial charge is 0.269 e. The molecule has 1 atom stereocenters. The Bertz CT molecular complexity index is 967. The first-order chi connectivity index (χ1) is 13.3. The molecule has 0 bridgehead atoms. The fourth-order valence-electron chi connectivity index (χ4n) is 2.93. The van der Waals surface area contributed by atoms with Gasteiger partial charge >= 0.3 is 0 Å². The third-order valence-corrected chi connectivity index (χ3v) is 4.40. The van der Waals surface area contributed by atoms with E-state index in [0.717, 1.165) is 16.8 Å². The predicted octanol–water partition coefficient (Wildman–Crippen LogP) is 2.81. The first kappa shape index (κ1) is 19.4. The number of rotatable bonds is 7. The zero-order valence-corrected chi connectivity index (χ0v) is 16.3. The fourth-order valence-corrected chi connectivity index (χ4v) is 2.93. The van der Waals surface area contributed by atoms with Gasteiger partial charge in [0.25, 0.3) is 5.69 Å². The van der Waals surface area contributed by atoms with Gasteiger partial charge < -0.3 is 10.2 Å². The third kappa shape index (κ3) is 4.49. The van der Waals surface area contributed by atoms with Gasteiger partial charge in [0, 0.05) is 54.8 Å². The van der Waals surface area contributed by atoms with E-state index in [4.69, 9.17) is 0 Å². The summed E-state index contributed by atoms with van der Waals surface area (Å²) < 4.78 is 1.79. The van der Waals surface area contributed by atoms with E-state index < -0.39 is 4.92 Å². The van der Waals surface area contributed by atoms with E-state index in [2.05, 4.69) is 25.3 Å². The standard InChI is InChI=1S/C19H23N7O2/c1-13-9-18(20-11-17(24(2)3)15-10-21-25(4)12-15)23-19(22-13)14-5-7-16(8-6-14)26(27)28/h5-10,12,17H,11H2,1-4H3,(H,20,22,23). The van der Waals surface area contributed by atoms with Crippen molar-refractivity contribution in [3.8, 4) is 11.4 Å². The molecule has 0 aliphatic heterocycles. The van der Waals surface area contributed by atoms with Crippen LogP contribution in [-0.4, -0.2) is 50.2 Å². The summed E-state index contributed by atoms with van der Waals surface area (Å²) in [6.45, 7) is 2.54. The molecule has 1 N–H and O–H groups in total. The van der Waals surface area contributed by atoms with Gasteiger partial charge in [-0.05, 0) is 33.2 Å². The van der Waals surface area contributed by atoms with Gasteiger partial charge in [-0.15, -0.1) is 0 Å². The first-order valence-electron chi connectivity index (χ1n) is 8.83. The van der Waals surface area contributed by atoms with Crippen molar-refractivity contribution in [2.45, 2.75) is 13.0 Å². The Balaban J connectivity index is 1.80. The number of non-ortho nitro benzene ring substituents is 1. The number of anilines is 1. The second kappa shape index (κ2) is 8.13. The van der Waals surface area contributed by atoms with Crippen molar-refractivity contribution in [1.82, 2.24) is 24.6 Å². The molecule has 9 nitrogen and oxygen atoms in total. The minimum atomic E-state index is -0.423. The van der Waals surface area contributed by atoms with Crippen LogP contribution in [0.1, 0.15) is 17.3 Å². The molecule has 146 valence electrons. The molecule has 0 spiro atoms. The van der Waals surface area contributed by atoms with Crippen LogP contribution in [0.5, 0.6) is 0 Å². The summed E-state index contributed by atoms with van der Waals surface area (Å²) >= 11 is 0. The van der Waals surface area contributed by atoms with Gasteiger partial charge in [0.1, 0.15) is 5.82 Å². The number of benzene rings is 1. The van der Waals surface area contributed by atoms with Crippen LogP contribution < -0.4 is 5.32 Å². The second-order valence-electron chi connectivity index (χ2n) is 6.83. The van der Waals surface area contributed by atoms with Crippen molar-refractivity contribution in [3.05, 3.63) is 64.1 Å². The van der Waals surface area contributed by atoms with Gasteiger partial charge in [0.2, 0.25) is 0 Å². The van der Waals surface area contributed by atoms with E-state index >= 15 is 0 Å². The number of nitro groups is 1. The molecule has 9 heteroatoms. The monoisotopic (exact) mass is 381 g/mol. The molecule has 0 amide bonds. The van der Waals surface area contributed by atoms with E-state index in [0.29, 0.717) is 18.2 Å². The van der Waals surface area contributed by atoms with Crippen LogP contribution in [0.15, 0.2) is 42.7 Å². The summed E-state index contributed by atoms with van der Waals surface area (Å²) in [6, 6.07) is 8.25. The normalized spacial score (nSPS) is 12.2. The molecule has 3 rings (SSSR count). The van der Waals surface area contributed by atoms with Crippen molar-refractivity contribution in [2.24, 2.45) is 7.05 Å². The van der Waals surface area contributed by atoms with Crippen LogP contribution in [-0.2, 0) is 7.05 Å². The van der Waals surface area contributed by atoms with E-state index in [9.17, 15) is 10.1 Å². The van der Waals surface area contributed by atoms with E-state index in [1.54, 1.807) is 16.8 Å². The molecule has 0 saturated carbocycles. The van der Waals surface area contributed by atoms with Crippen molar-refractivity contribution in [1.29, 1.82) is 0 Å². The van der Waals surface area contributed by atoms with Crippen LogP contribution in [0, 0.1) is 17.0 Å². The van der Waals surface area contributed by atoms with Gasteiger partial charge in [0.05, 0.1) is 17.2 Å². The highest BCUT2D eigenvalue weighted by atomic mass is 16.6. The Morgan fingerprint density at radius 2 is 1.96 bits per heavy atom. The van der Waals surface area contributed by atoms with Crippen molar-refractivity contribution in [3.63, 3.8) is 0 Å². The lowest BCUT2D eigenvalue weighted by Crippen LogP contribution is -2.27. The summed E-state index contributed by atoms with van der Waals surface area (Å²) in [4.78, 5) is 21.6. The zero-order chi connectivity index (χ0) is 20.3. The highest BCUT2D eigenvalue weighted by molar-refractivity contribution is 5.59. The molecule has 3 aromatic rings. The highest BCUT2D eigenvalue weighted by Crippen LogP contribution is 2.22. The van der Waals surface area contributed by atoms with E-state index in [1.807, 2.05) is 46.5 Å². The van der Waals surface area contributed by atoms with Crippen LogP contribution in [0.4, 0.5) is 11.5 Å². The van der Waals surface area contributed by atoms with Gasteiger partial charge in [-0.3, -0.25) is 14.8 Å². The van der Waals surface area contributed by atoms with Crippen molar-refractivity contribution in [2.75, 3.05) is 26.0 Å². The second-order valence-corrected chi connectivity index (χ2v) is 6.83. The molecule has 0 fully saturated rings. The molecule has 2 aromatic heterocycles. The zero-order valence-electron chi connectivity index (χ0n) is 16.3. The number of aryl methyl sites for hydroxylation is 2. The minimum absolute atomic E-state index is 0.0417. The summed E-state index contributed by atoms with van der Waals surface area (Å²) in [7, 11) is 5.94. The molecule has 0 aliphatic carbocycles. The Morgan fingerprint density at radius 1 is 1.25 bits per heavy atom. The molecule has 1 unspecified atom stereocenters. The fraction of sp³-hybridized carbons (Fsp3) is 0.316. The SMILES string of the molecule is Cc1cc(NCC(c2cnn(C)c2)N(C)C)nc(-c2ccc([N+](=O)[O-])cc2)n1. The lowest BCUT2D eigenvalue weighted by atomic mass is 10.1. The molecule has 1 aromatic carbocycles. The molecule has 0 aliphatic rings. The first-order valence-corrected chi connectivity index (χ1v) is 8.83. The quantitative estimate of drug-likeness (QED) is 0.496. The van der Waals surface area contributed by atoms with Crippen LogP contribution in [0.25, 0.3) is 11.4 Å². The summed E-state index contributed by atoms with van der Waals surface area (Å²) in [5.74, 6) is 1.23. The van der Waals surface area contributed by atoms with Crippen LogP contribution in [0.2, 0.25) is 0 Å². The molecule has 0 saturated heterocycles. The number of likely N-dealkylation sites (N-methyl/N-ethyl adjacent to an activating group) is 1. The molecule has 0 radical (unpaired) electrons. The van der Waals surface area contributed by atoms with Crippen LogP contribution in [0.3, 0.4) is 0 Å². The van der Waals surface area contributed by atoms with Gasteiger partial charge in [0.15, 0.2) is 5.82 Å². The summed E-state index contributed by atoms with van der Waals surface area (Å²) in [5.41, 5.74) is 2.70. The number of nitrogens with zero attached hydrogens (tertiary/aromatic N) is 6. The topological polar surface area (TPSA) is 102 Å². The minimum Gasteiger partial charge on any atom is -0.368 e. The number of nitro benzene ring substituents is 1. The largest absolute Gasteiger partial charge is 0.368 e. The van der Waals surface area contributed by atoms with Crippen molar-refractivity contribution < 1.29 is 4.92 Å². The maximum absolute atomic E-state index is 10.8. The average molecular weight is 381 g/mol. The molecule has 2 heterocycles. The molecular formula is C19H23N7O2. The Morgan fingerprint density at radius 3 is 2.54 bits per heavy atom. The predicted molar refractivity (Wildman–Crippen MR) is 107 cm³/mol. The Labute approximate surface area is 163 Å². The third-order valence-electron chi connectivity index (χ3n) is 4.40. The number of nitrogens with one attached hydrogen (secondary N) is 1. The number of aromatic nitrogens is 4. The maximum atomic E-state index is 10.8. The molecule has 28 heavy (non-hydrogen) atoms. The summed E-state index contributed by atoms with van der Waals surface area (Å²) in [5, 5.41) is 18.5. The van der Waals surface area contributed by atoms with Crippen molar-refractivity contribution >= 4 is 11.5 Å². The van der Waals surface area contributed by atoms with E-state index in [-0.39, 0.29) is 11.7 Å². The van der Waals surface area contributed by atoms with Gasteiger partial charge in [-0.1, -0.05) is 0 Å². The van der Waals surface area contributed by atoms with Gasteiger partial charge in [-0.25, -0.2) is 9.97 Å². The molecular weight excluding hydrogens is 358 g/mol. The lowest BCUT2D eigenvalue weighted by Gasteiger charge is -2.24. The average Bonchev–Trinajstić information content (AvgIpc) is 3.07. The van der Waals surface area contributed by atoms with Gasteiger partial charge in [-0.2, -0.15) is 5.10 Å². The highest BCUT2D eigenvalue weighted by Gasteiger charge is 2.16. The Kier molecular flexibility index (Phi) is 5.65. The summed E-state index contributed by atoms with van der Waals surface area (Å²) in [6.07, 6.45) is 3.86. The lowest BCUT2D eigenvalue weighted by molar-refractivity contribution is -0.384. The Hall–Kier alpha value is -3.33.